The summed E-state index contributed by atoms with van der Waals surface area (Å²) in [4.78, 5) is 0. The van der Waals surface area contributed by atoms with Crippen LogP contribution in [0.2, 0.25) is 6.04 Å². The van der Waals surface area contributed by atoms with E-state index in [0.717, 1.165) is 6.04 Å². The summed E-state index contributed by atoms with van der Waals surface area (Å²) in [6.07, 6.45) is 18.9. The highest BCUT2D eigenvalue weighted by Crippen LogP contribution is 2.49. The van der Waals surface area contributed by atoms with Crippen molar-refractivity contribution in [3.05, 3.63) is 83.9 Å². The average Bonchev–Trinajstić information content (AvgIpc) is 3.39. The normalized spacial score (nSPS) is 38.2. The SMILES string of the molecule is C=C=C1C2C=CC(C2)C1C=CC(=CC1C(=C=C)C2C=CC1C2)C[Si]Cl. The Balaban J connectivity index is 1.58. The molecule has 6 unspecified atom stereocenters. The zero-order valence-corrected chi connectivity index (χ0v) is 16.2. The van der Waals surface area contributed by atoms with Gasteiger partial charge >= 0.3 is 0 Å². The lowest BCUT2D eigenvalue weighted by atomic mass is 9.86. The van der Waals surface area contributed by atoms with Crippen molar-refractivity contribution in [2.45, 2.75) is 18.9 Å². The minimum Gasteiger partial charge on any atom is -0.171 e. The number of halogens is 1. The van der Waals surface area contributed by atoms with Gasteiger partial charge in [-0.05, 0) is 41.9 Å². The lowest BCUT2D eigenvalue weighted by molar-refractivity contribution is 0.600. The Bertz CT molecular complexity index is 783. The van der Waals surface area contributed by atoms with Crippen LogP contribution in [0.4, 0.5) is 0 Å². The molecule has 0 spiro atoms. The molecule has 4 aliphatic carbocycles. The van der Waals surface area contributed by atoms with Crippen molar-refractivity contribution in [3.8, 4) is 0 Å². The lowest BCUT2D eigenvalue weighted by Gasteiger charge is -2.18. The van der Waals surface area contributed by atoms with Gasteiger partial charge in [-0.2, -0.15) is 11.1 Å². The quantitative estimate of drug-likeness (QED) is 0.190. The molecule has 0 heterocycles. The summed E-state index contributed by atoms with van der Waals surface area (Å²) in [5.74, 6) is 3.27. The molecule has 25 heavy (non-hydrogen) atoms. The van der Waals surface area contributed by atoms with Crippen LogP contribution >= 0.6 is 11.1 Å². The summed E-state index contributed by atoms with van der Waals surface area (Å²) in [5.41, 5.74) is 10.5. The topological polar surface area (TPSA) is 0 Å². The van der Waals surface area contributed by atoms with Gasteiger partial charge in [0.1, 0.15) is 0 Å². The van der Waals surface area contributed by atoms with Crippen molar-refractivity contribution in [2.24, 2.45) is 35.5 Å². The second-order valence-corrected chi connectivity index (χ2v) is 8.93. The molecule has 6 atom stereocenters. The number of rotatable bonds is 5. The Kier molecular flexibility index (Phi) is 4.76. The Morgan fingerprint density at radius 1 is 1.04 bits per heavy atom. The third kappa shape index (κ3) is 2.96. The van der Waals surface area contributed by atoms with Gasteiger partial charge in [0.15, 0.2) is 8.83 Å². The van der Waals surface area contributed by atoms with Gasteiger partial charge in [-0.1, -0.05) is 61.3 Å². The van der Waals surface area contributed by atoms with Crippen molar-refractivity contribution in [1.29, 1.82) is 0 Å². The first-order valence-electron chi connectivity index (χ1n) is 9.13. The van der Waals surface area contributed by atoms with E-state index in [4.69, 9.17) is 11.1 Å². The van der Waals surface area contributed by atoms with Crippen molar-refractivity contribution >= 4 is 19.9 Å². The van der Waals surface area contributed by atoms with E-state index < -0.39 is 0 Å². The Morgan fingerprint density at radius 3 is 2.24 bits per heavy atom. The van der Waals surface area contributed by atoms with Crippen molar-refractivity contribution in [1.82, 2.24) is 0 Å². The van der Waals surface area contributed by atoms with E-state index in [-0.39, 0.29) is 0 Å². The fraction of sp³-hybridized carbons (Fsp3) is 0.391. The molecule has 0 N–H and O–H groups in total. The summed E-state index contributed by atoms with van der Waals surface area (Å²) < 4.78 is 0. The van der Waals surface area contributed by atoms with Crippen LogP contribution in [0.15, 0.2) is 83.9 Å². The van der Waals surface area contributed by atoms with Crippen LogP contribution in [0, 0.1) is 35.5 Å². The zero-order valence-electron chi connectivity index (χ0n) is 14.4. The van der Waals surface area contributed by atoms with E-state index in [2.05, 4.69) is 67.2 Å². The van der Waals surface area contributed by atoms with Crippen LogP contribution in [-0.2, 0) is 0 Å². The van der Waals surface area contributed by atoms with E-state index in [1.807, 2.05) is 0 Å². The maximum absolute atomic E-state index is 6.11. The van der Waals surface area contributed by atoms with Crippen LogP contribution in [0.3, 0.4) is 0 Å². The van der Waals surface area contributed by atoms with Gasteiger partial charge in [0.25, 0.3) is 0 Å². The smallest absolute Gasteiger partial charge is 0.171 e. The summed E-state index contributed by atoms with van der Waals surface area (Å²) in [5, 5.41) is 0. The van der Waals surface area contributed by atoms with Gasteiger partial charge in [-0.25, -0.2) is 0 Å². The minimum atomic E-state index is 0.416. The number of fused-ring (bicyclic) bond motifs is 4. The number of hydrogen-bond donors (Lipinski definition) is 0. The van der Waals surface area contributed by atoms with Gasteiger partial charge in [0, 0.05) is 23.7 Å². The molecular weight excluding hydrogens is 340 g/mol. The molecule has 0 aliphatic heterocycles. The Morgan fingerprint density at radius 2 is 1.64 bits per heavy atom. The van der Waals surface area contributed by atoms with Crippen molar-refractivity contribution in [3.63, 3.8) is 0 Å². The van der Waals surface area contributed by atoms with Crippen molar-refractivity contribution < 1.29 is 0 Å². The summed E-state index contributed by atoms with van der Waals surface area (Å²) in [6.45, 7) is 7.84. The highest BCUT2D eigenvalue weighted by Gasteiger charge is 2.40. The molecule has 4 bridgehead atoms. The zero-order chi connectivity index (χ0) is 17.4. The third-order valence-corrected chi connectivity index (χ3v) is 7.21. The Labute approximate surface area is 158 Å². The first kappa shape index (κ1) is 16.9. The third-order valence-electron chi connectivity index (χ3n) is 6.26. The molecule has 0 aromatic rings. The second-order valence-electron chi connectivity index (χ2n) is 7.51. The molecule has 2 radical (unpaired) electrons. The molecule has 0 aromatic carbocycles. The van der Waals surface area contributed by atoms with E-state index in [0.29, 0.717) is 44.3 Å². The molecule has 2 saturated carbocycles. The Hall–Kier alpha value is -1.49. The predicted molar refractivity (Wildman–Crippen MR) is 107 cm³/mol. The molecule has 0 nitrogen and oxygen atoms in total. The fourth-order valence-electron chi connectivity index (χ4n) is 5.07. The largest absolute Gasteiger partial charge is 0.176 e. The minimum absolute atomic E-state index is 0.416. The van der Waals surface area contributed by atoms with Crippen LogP contribution in [0.5, 0.6) is 0 Å². The van der Waals surface area contributed by atoms with E-state index in [1.54, 1.807) is 0 Å². The number of hydrogen-bond acceptors (Lipinski definition) is 0. The predicted octanol–water partition coefficient (Wildman–Crippen LogP) is 5.81. The van der Waals surface area contributed by atoms with Gasteiger partial charge in [-0.15, -0.1) is 11.5 Å². The second kappa shape index (κ2) is 7.02. The standard InChI is InChI=1S/C23H23ClSi/c1-3-20-16-6-8-18(12-16)22(20)10-5-15(14-25-24)11-23-19-9-7-17(13-19)21(23)4-2/h5-11,16-19,22-23H,1-2,12-14H2. The molecule has 2 fully saturated rings. The lowest BCUT2D eigenvalue weighted by Crippen LogP contribution is -2.08. The molecule has 126 valence electrons. The molecule has 4 rings (SSSR count). The monoisotopic (exact) mass is 362 g/mol. The fourth-order valence-corrected chi connectivity index (χ4v) is 5.92. The maximum atomic E-state index is 6.11. The first-order chi connectivity index (χ1) is 12.2. The molecule has 2 heteroatoms. The van der Waals surface area contributed by atoms with E-state index in [1.165, 1.54) is 29.6 Å². The highest BCUT2D eigenvalue weighted by atomic mass is 35.6. The van der Waals surface area contributed by atoms with E-state index in [9.17, 15) is 0 Å². The molecule has 0 aromatic heterocycles. The first-order valence-corrected chi connectivity index (χ1v) is 11.4. The molecule has 0 amide bonds. The van der Waals surface area contributed by atoms with E-state index >= 15 is 0 Å². The number of allylic oxidation sites excluding steroid dienone is 10. The molecule has 0 saturated heterocycles. The summed E-state index contributed by atoms with van der Waals surface area (Å²) in [6, 6.07) is 0.934. The van der Waals surface area contributed by atoms with Gasteiger partial charge in [-0.3, -0.25) is 0 Å². The van der Waals surface area contributed by atoms with Gasteiger partial charge in [0.2, 0.25) is 0 Å². The van der Waals surface area contributed by atoms with Crippen LogP contribution in [-0.4, -0.2) is 8.83 Å². The summed E-state index contributed by atoms with van der Waals surface area (Å²) >= 11 is 6.11. The molecule has 4 aliphatic rings. The van der Waals surface area contributed by atoms with Crippen LogP contribution in [0.1, 0.15) is 12.8 Å². The molecular formula is C23H23ClSi. The summed E-state index contributed by atoms with van der Waals surface area (Å²) in [7, 11) is 0.416. The van der Waals surface area contributed by atoms with Crippen LogP contribution in [0.25, 0.3) is 0 Å². The maximum Gasteiger partial charge on any atom is 0.176 e. The average molecular weight is 363 g/mol. The highest BCUT2D eigenvalue weighted by molar-refractivity contribution is 6.94. The van der Waals surface area contributed by atoms with Crippen molar-refractivity contribution in [2.75, 3.05) is 0 Å². The van der Waals surface area contributed by atoms with Gasteiger partial charge < -0.3 is 0 Å². The van der Waals surface area contributed by atoms with Crippen LogP contribution < -0.4 is 0 Å². The van der Waals surface area contributed by atoms with Gasteiger partial charge in [0.05, 0.1) is 0 Å².